The molecule has 0 saturated heterocycles. The molecule has 1 rings (SSSR count). The second-order valence-corrected chi connectivity index (χ2v) is 3.87. The van der Waals surface area contributed by atoms with Crippen LogP contribution in [0.3, 0.4) is 0 Å². The molecule has 0 aliphatic carbocycles. The predicted octanol–water partition coefficient (Wildman–Crippen LogP) is 3.69. The highest BCUT2D eigenvalue weighted by Crippen LogP contribution is 2.14. The summed E-state index contributed by atoms with van der Waals surface area (Å²) in [5.41, 5.74) is 0. The summed E-state index contributed by atoms with van der Waals surface area (Å²) in [7, 11) is 0. The fraction of sp³-hybridized carbons (Fsp3) is 0.833. The Labute approximate surface area is 82.2 Å². The lowest BCUT2D eigenvalue weighted by Crippen LogP contribution is -2.15. The summed E-state index contributed by atoms with van der Waals surface area (Å²) < 4.78 is 5.60. The highest BCUT2D eigenvalue weighted by atomic mass is 16.5. The average Bonchev–Trinajstić information content (AvgIpc) is 2.19. The zero-order valence-electron chi connectivity index (χ0n) is 8.80. The summed E-state index contributed by atoms with van der Waals surface area (Å²) in [5.74, 6) is 0. The number of rotatable bonds is 6. The van der Waals surface area contributed by atoms with Crippen LogP contribution in [0.25, 0.3) is 0 Å². The van der Waals surface area contributed by atoms with Gasteiger partial charge < -0.3 is 4.74 Å². The van der Waals surface area contributed by atoms with Crippen LogP contribution in [0.2, 0.25) is 0 Å². The molecule has 1 aliphatic heterocycles. The molecular weight excluding hydrogens is 160 g/mol. The number of hydrogen-bond donors (Lipinski definition) is 0. The van der Waals surface area contributed by atoms with Crippen LogP contribution >= 0.6 is 0 Å². The second-order valence-electron chi connectivity index (χ2n) is 3.87. The zero-order valence-corrected chi connectivity index (χ0v) is 8.80. The third kappa shape index (κ3) is 5.09. The molecule has 0 spiro atoms. The Morgan fingerprint density at radius 2 is 2.00 bits per heavy atom. The van der Waals surface area contributed by atoms with Gasteiger partial charge in [0.05, 0.1) is 12.7 Å². The van der Waals surface area contributed by atoms with Crippen LogP contribution in [-0.2, 0) is 4.74 Å². The van der Waals surface area contributed by atoms with Gasteiger partial charge in [0.2, 0.25) is 0 Å². The molecule has 1 heteroatoms. The van der Waals surface area contributed by atoms with E-state index in [1.54, 1.807) is 0 Å². The van der Waals surface area contributed by atoms with Crippen molar-refractivity contribution in [3.05, 3.63) is 12.2 Å². The Kier molecular flexibility index (Phi) is 5.92. The minimum atomic E-state index is 0.520. The van der Waals surface area contributed by atoms with Crippen molar-refractivity contribution >= 4 is 0 Å². The molecule has 1 heterocycles. The first kappa shape index (κ1) is 10.8. The molecule has 76 valence electrons. The molecule has 0 radical (unpaired) electrons. The van der Waals surface area contributed by atoms with Crippen LogP contribution in [0.15, 0.2) is 12.2 Å². The van der Waals surface area contributed by atoms with Crippen LogP contribution < -0.4 is 0 Å². The summed E-state index contributed by atoms with van der Waals surface area (Å²) in [6, 6.07) is 0. The topological polar surface area (TPSA) is 9.23 Å². The van der Waals surface area contributed by atoms with Crippen molar-refractivity contribution in [2.24, 2.45) is 0 Å². The highest BCUT2D eigenvalue weighted by molar-refractivity contribution is 4.88. The summed E-state index contributed by atoms with van der Waals surface area (Å²) in [4.78, 5) is 0. The van der Waals surface area contributed by atoms with Gasteiger partial charge in [-0.1, -0.05) is 51.2 Å². The molecule has 1 atom stereocenters. The van der Waals surface area contributed by atoms with Gasteiger partial charge in [0.25, 0.3) is 0 Å². The van der Waals surface area contributed by atoms with Crippen molar-refractivity contribution < 1.29 is 4.74 Å². The normalized spacial score (nSPS) is 22.1. The lowest BCUT2D eigenvalue weighted by Gasteiger charge is -2.18. The van der Waals surface area contributed by atoms with E-state index >= 15 is 0 Å². The lowest BCUT2D eigenvalue weighted by atomic mass is 10.1. The second kappa shape index (κ2) is 7.14. The maximum atomic E-state index is 5.60. The first-order valence-electron chi connectivity index (χ1n) is 5.70. The molecule has 0 aromatic heterocycles. The van der Waals surface area contributed by atoms with Crippen molar-refractivity contribution in [2.45, 2.75) is 58.0 Å². The van der Waals surface area contributed by atoms with E-state index in [0.717, 1.165) is 13.0 Å². The third-order valence-electron chi connectivity index (χ3n) is 2.62. The van der Waals surface area contributed by atoms with Gasteiger partial charge in [-0.15, -0.1) is 0 Å². The molecule has 1 aliphatic rings. The zero-order chi connectivity index (χ0) is 9.36. The Morgan fingerprint density at radius 3 is 2.69 bits per heavy atom. The van der Waals surface area contributed by atoms with E-state index in [0.29, 0.717) is 6.10 Å². The Bertz CT molecular complexity index is 140. The fourth-order valence-electron chi connectivity index (χ4n) is 1.75. The monoisotopic (exact) mass is 182 g/mol. The minimum Gasteiger partial charge on any atom is -0.374 e. The van der Waals surface area contributed by atoms with Crippen LogP contribution in [0.1, 0.15) is 51.9 Å². The van der Waals surface area contributed by atoms with Gasteiger partial charge in [-0.3, -0.25) is 0 Å². The quantitative estimate of drug-likeness (QED) is 0.449. The van der Waals surface area contributed by atoms with Crippen LogP contribution in [-0.4, -0.2) is 12.7 Å². The molecule has 1 nitrogen and oxygen atoms in total. The largest absolute Gasteiger partial charge is 0.374 e. The SMILES string of the molecule is CCCCCCC[C@@H]1CC=CCO1. The van der Waals surface area contributed by atoms with Crippen molar-refractivity contribution in [1.82, 2.24) is 0 Å². The van der Waals surface area contributed by atoms with Crippen molar-refractivity contribution in [2.75, 3.05) is 6.61 Å². The molecule has 0 unspecified atom stereocenters. The first-order valence-corrected chi connectivity index (χ1v) is 5.70. The molecule has 0 amide bonds. The van der Waals surface area contributed by atoms with Gasteiger partial charge in [-0.05, 0) is 12.8 Å². The maximum Gasteiger partial charge on any atom is 0.0651 e. The summed E-state index contributed by atoms with van der Waals surface area (Å²) in [6.45, 7) is 3.09. The van der Waals surface area contributed by atoms with Gasteiger partial charge in [-0.25, -0.2) is 0 Å². The van der Waals surface area contributed by atoms with Gasteiger partial charge in [0, 0.05) is 0 Å². The number of hydrogen-bond acceptors (Lipinski definition) is 1. The van der Waals surface area contributed by atoms with E-state index in [2.05, 4.69) is 19.1 Å². The van der Waals surface area contributed by atoms with Gasteiger partial charge in [0.1, 0.15) is 0 Å². The van der Waals surface area contributed by atoms with E-state index in [1.807, 2.05) is 0 Å². The summed E-state index contributed by atoms with van der Waals surface area (Å²) in [6.07, 6.45) is 14.1. The Hall–Kier alpha value is -0.300. The van der Waals surface area contributed by atoms with E-state index in [1.165, 1.54) is 38.5 Å². The standard InChI is InChI=1S/C12H22O/c1-2-3-4-5-6-9-12-10-7-8-11-13-12/h7-8,12H,2-6,9-11H2,1H3/t12-/m1/s1. The average molecular weight is 182 g/mol. The van der Waals surface area contributed by atoms with Crippen molar-refractivity contribution in [1.29, 1.82) is 0 Å². The molecule has 0 aromatic carbocycles. The third-order valence-corrected chi connectivity index (χ3v) is 2.62. The summed E-state index contributed by atoms with van der Waals surface area (Å²) in [5, 5.41) is 0. The molecule has 0 N–H and O–H groups in total. The lowest BCUT2D eigenvalue weighted by molar-refractivity contribution is 0.0597. The van der Waals surface area contributed by atoms with Crippen LogP contribution in [0.4, 0.5) is 0 Å². The van der Waals surface area contributed by atoms with Gasteiger partial charge in [-0.2, -0.15) is 0 Å². The fourth-order valence-corrected chi connectivity index (χ4v) is 1.75. The van der Waals surface area contributed by atoms with Crippen LogP contribution in [0, 0.1) is 0 Å². The summed E-state index contributed by atoms with van der Waals surface area (Å²) >= 11 is 0. The molecule has 0 bridgehead atoms. The van der Waals surface area contributed by atoms with E-state index in [9.17, 15) is 0 Å². The molecule has 0 saturated carbocycles. The van der Waals surface area contributed by atoms with E-state index in [-0.39, 0.29) is 0 Å². The van der Waals surface area contributed by atoms with Gasteiger partial charge >= 0.3 is 0 Å². The molecular formula is C12H22O. The molecule has 13 heavy (non-hydrogen) atoms. The number of unbranched alkanes of at least 4 members (excludes halogenated alkanes) is 4. The van der Waals surface area contributed by atoms with E-state index in [4.69, 9.17) is 4.74 Å². The molecule has 0 aromatic rings. The number of ether oxygens (including phenoxy) is 1. The van der Waals surface area contributed by atoms with Crippen molar-refractivity contribution in [3.8, 4) is 0 Å². The van der Waals surface area contributed by atoms with Gasteiger partial charge in [0.15, 0.2) is 0 Å². The maximum absolute atomic E-state index is 5.60. The van der Waals surface area contributed by atoms with Crippen LogP contribution in [0.5, 0.6) is 0 Å². The Balaban J connectivity index is 1.90. The molecule has 0 fully saturated rings. The first-order chi connectivity index (χ1) is 6.43. The minimum absolute atomic E-state index is 0.520. The van der Waals surface area contributed by atoms with E-state index < -0.39 is 0 Å². The Morgan fingerprint density at radius 1 is 1.15 bits per heavy atom. The highest BCUT2D eigenvalue weighted by Gasteiger charge is 2.08. The smallest absolute Gasteiger partial charge is 0.0651 e. The predicted molar refractivity (Wildman–Crippen MR) is 56.9 cm³/mol. The van der Waals surface area contributed by atoms with Crippen molar-refractivity contribution in [3.63, 3.8) is 0 Å².